The lowest BCUT2D eigenvalue weighted by Crippen LogP contribution is -2.21. The molecule has 3 aromatic heterocycles. The number of imidazole rings is 1. The molecule has 29 heavy (non-hydrogen) atoms. The van der Waals surface area contributed by atoms with Crippen LogP contribution in [-0.4, -0.2) is 31.3 Å². The molecule has 0 amide bonds. The number of hydrogen-bond acceptors (Lipinski definition) is 6. The molecule has 1 aliphatic rings. The lowest BCUT2D eigenvalue weighted by Gasteiger charge is -2.19. The topological polar surface area (TPSA) is 83.2 Å². The number of nitrogens with one attached hydrogen (secondary N) is 1. The second kappa shape index (κ2) is 6.93. The van der Waals surface area contributed by atoms with Gasteiger partial charge in [0.05, 0.1) is 42.5 Å². The van der Waals surface area contributed by atoms with Gasteiger partial charge in [0.25, 0.3) is 0 Å². The first-order valence-corrected chi connectivity index (χ1v) is 8.85. The Labute approximate surface area is 163 Å². The van der Waals surface area contributed by atoms with Gasteiger partial charge in [-0.2, -0.15) is 5.10 Å². The fraction of sp³-hybridized carbons (Fsp3) is 0.100. The van der Waals surface area contributed by atoms with Crippen LogP contribution in [0.1, 0.15) is 17.1 Å². The molecule has 0 aliphatic carbocycles. The van der Waals surface area contributed by atoms with Crippen LogP contribution in [0.3, 0.4) is 0 Å². The van der Waals surface area contributed by atoms with Crippen LogP contribution in [0.4, 0.5) is 8.78 Å². The van der Waals surface area contributed by atoms with Gasteiger partial charge in [0.15, 0.2) is 11.6 Å². The highest BCUT2D eigenvalue weighted by Crippen LogP contribution is 2.25. The summed E-state index contributed by atoms with van der Waals surface area (Å²) in [6.07, 6.45) is 4.26. The number of hydrazone groups is 1. The number of fused-ring (bicyclic) bond motifs is 1. The first kappa shape index (κ1) is 17.2. The molecule has 144 valence electrons. The first-order valence-electron chi connectivity index (χ1n) is 8.85. The number of halogens is 2. The van der Waals surface area contributed by atoms with Gasteiger partial charge in [-0.3, -0.25) is 9.99 Å². The van der Waals surface area contributed by atoms with E-state index in [2.05, 4.69) is 25.2 Å². The van der Waals surface area contributed by atoms with Gasteiger partial charge in [0.1, 0.15) is 17.3 Å². The minimum atomic E-state index is -0.467. The number of H-pyrrole nitrogens is 1. The minimum absolute atomic E-state index is 0.321. The second-order valence-electron chi connectivity index (χ2n) is 6.53. The summed E-state index contributed by atoms with van der Waals surface area (Å²) >= 11 is 0. The number of rotatable bonds is 4. The van der Waals surface area contributed by atoms with Crippen molar-refractivity contribution in [2.75, 3.05) is 0 Å². The third-order valence-corrected chi connectivity index (χ3v) is 4.57. The van der Waals surface area contributed by atoms with Crippen molar-refractivity contribution in [3.8, 4) is 22.6 Å². The molecule has 9 heteroatoms. The first-order chi connectivity index (χ1) is 14.2. The second-order valence-corrected chi connectivity index (χ2v) is 6.53. The van der Waals surface area contributed by atoms with Crippen molar-refractivity contribution in [2.45, 2.75) is 13.1 Å². The van der Waals surface area contributed by atoms with E-state index < -0.39 is 5.82 Å². The van der Waals surface area contributed by atoms with E-state index in [1.165, 1.54) is 18.3 Å². The number of aromatic amines is 1. The predicted octanol–water partition coefficient (Wildman–Crippen LogP) is 3.75. The van der Waals surface area contributed by atoms with Crippen LogP contribution in [0.2, 0.25) is 0 Å². The molecule has 0 saturated carbocycles. The molecule has 0 fully saturated rings. The maximum atomic E-state index is 14.0. The lowest BCUT2D eigenvalue weighted by atomic mass is 10.2. The molecule has 0 saturated heterocycles. The molecule has 5 rings (SSSR count). The maximum Gasteiger partial charge on any atom is 0.158 e. The summed E-state index contributed by atoms with van der Waals surface area (Å²) in [4.78, 5) is 11.3. The number of aromatic nitrogens is 4. The third kappa shape index (κ3) is 3.27. The van der Waals surface area contributed by atoms with Gasteiger partial charge in [-0.25, -0.2) is 13.8 Å². The lowest BCUT2D eigenvalue weighted by molar-refractivity contribution is 0.229. The Bertz CT molecular complexity index is 1220. The zero-order chi connectivity index (χ0) is 19.8. The van der Waals surface area contributed by atoms with Gasteiger partial charge < -0.3 is 9.51 Å². The molecule has 1 N–H and O–H groups in total. The van der Waals surface area contributed by atoms with Crippen molar-refractivity contribution in [3.05, 3.63) is 77.6 Å². The van der Waals surface area contributed by atoms with Crippen LogP contribution in [0, 0.1) is 11.6 Å². The van der Waals surface area contributed by atoms with Crippen LogP contribution in [0.25, 0.3) is 22.6 Å². The number of hydrogen-bond donors (Lipinski definition) is 1. The van der Waals surface area contributed by atoms with Crippen LogP contribution in [-0.2, 0) is 13.1 Å². The van der Waals surface area contributed by atoms with E-state index in [9.17, 15) is 8.78 Å². The molecule has 7 nitrogen and oxygen atoms in total. The van der Waals surface area contributed by atoms with Crippen LogP contribution in [0.15, 0.2) is 58.4 Å². The standard InChI is InChI=1S/C20H14F2N6O/c21-15-4-2-1-3-14(15)20-25-18-9-24-28(11-19(18)26-20)10-12-7-17(27-29-12)13-5-6-23-8-16(13)22/h1-9H,10-11H2,(H,25,26). The summed E-state index contributed by atoms with van der Waals surface area (Å²) in [6, 6.07) is 9.66. The quantitative estimate of drug-likeness (QED) is 0.572. The van der Waals surface area contributed by atoms with Gasteiger partial charge in [-0.1, -0.05) is 17.3 Å². The van der Waals surface area contributed by atoms with E-state index in [1.807, 2.05) is 0 Å². The van der Waals surface area contributed by atoms with Crippen molar-refractivity contribution in [1.29, 1.82) is 0 Å². The summed E-state index contributed by atoms with van der Waals surface area (Å²) in [5.41, 5.74) is 2.60. The Morgan fingerprint density at radius 2 is 2.00 bits per heavy atom. The number of pyridine rings is 1. The van der Waals surface area contributed by atoms with Gasteiger partial charge in [0.2, 0.25) is 0 Å². The maximum absolute atomic E-state index is 14.0. The van der Waals surface area contributed by atoms with E-state index >= 15 is 0 Å². The van der Waals surface area contributed by atoms with Crippen molar-refractivity contribution >= 4 is 6.21 Å². The Hall–Kier alpha value is -3.88. The predicted molar refractivity (Wildman–Crippen MR) is 101 cm³/mol. The van der Waals surface area contributed by atoms with Crippen LogP contribution >= 0.6 is 0 Å². The summed E-state index contributed by atoms with van der Waals surface area (Å²) in [5, 5.41) is 10.0. The molecular weight excluding hydrogens is 378 g/mol. The molecule has 1 aromatic carbocycles. The number of benzene rings is 1. The largest absolute Gasteiger partial charge is 0.359 e. The van der Waals surface area contributed by atoms with Crippen molar-refractivity contribution < 1.29 is 13.3 Å². The molecule has 0 spiro atoms. The van der Waals surface area contributed by atoms with E-state index in [4.69, 9.17) is 4.52 Å². The van der Waals surface area contributed by atoms with Crippen molar-refractivity contribution in [1.82, 2.24) is 25.1 Å². The highest BCUT2D eigenvalue weighted by atomic mass is 19.1. The van der Waals surface area contributed by atoms with Crippen LogP contribution < -0.4 is 0 Å². The molecule has 0 bridgehead atoms. The highest BCUT2D eigenvalue weighted by molar-refractivity contribution is 5.80. The van der Waals surface area contributed by atoms with Gasteiger partial charge in [-0.15, -0.1) is 0 Å². The monoisotopic (exact) mass is 392 g/mol. The molecule has 0 radical (unpaired) electrons. The third-order valence-electron chi connectivity index (χ3n) is 4.57. The summed E-state index contributed by atoms with van der Waals surface area (Å²) in [5.74, 6) is 0.174. The molecule has 1 aliphatic heterocycles. The van der Waals surface area contributed by atoms with Crippen LogP contribution in [0.5, 0.6) is 0 Å². The Balaban J connectivity index is 1.33. The fourth-order valence-corrected chi connectivity index (χ4v) is 3.16. The number of nitrogens with zero attached hydrogens (tertiary/aromatic N) is 5. The minimum Gasteiger partial charge on any atom is -0.359 e. The summed E-state index contributed by atoms with van der Waals surface area (Å²) < 4.78 is 33.2. The normalized spacial score (nSPS) is 13.0. The molecule has 0 unspecified atom stereocenters. The Kier molecular flexibility index (Phi) is 4.12. The molecule has 4 heterocycles. The Morgan fingerprint density at radius 3 is 2.86 bits per heavy atom. The van der Waals surface area contributed by atoms with E-state index in [0.717, 1.165) is 17.6 Å². The zero-order valence-corrected chi connectivity index (χ0v) is 15.0. The fourth-order valence-electron chi connectivity index (χ4n) is 3.16. The van der Waals surface area contributed by atoms with Gasteiger partial charge >= 0.3 is 0 Å². The average molecular weight is 392 g/mol. The van der Waals surface area contributed by atoms with Crippen molar-refractivity contribution in [3.63, 3.8) is 0 Å². The van der Waals surface area contributed by atoms with E-state index in [0.29, 0.717) is 41.5 Å². The molecule has 0 atom stereocenters. The highest BCUT2D eigenvalue weighted by Gasteiger charge is 2.20. The molecule has 4 aromatic rings. The smallest absolute Gasteiger partial charge is 0.158 e. The van der Waals surface area contributed by atoms with Gasteiger partial charge in [0, 0.05) is 17.8 Å². The molecular formula is C20H14F2N6O. The summed E-state index contributed by atoms with van der Waals surface area (Å²) in [6.45, 7) is 0.744. The van der Waals surface area contributed by atoms with E-state index in [-0.39, 0.29) is 5.82 Å². The summed E-state index contributed by atoms with van der Waals surface area (Å²) in [7, 11) is 0. The Morgan fingerprint density at radius 1 is 1.10 bits per heavy atom. The van der Waals surface area contributed by atoms with Crippen molar-refractivity contribution in [2.24, 2.45) is 5.10 Å². The zero-order valence-electron chi connectivity index (χ0n) is 15.0. The van der Waals surface area contributed by atoms with E-state index in [1.54, 1.807) is 35.5 Å². The average Bonchev–Trinajstić information content (AvgIpc) is 3.35. The van der Waals surface area contributed by atoms with Gasteiger partial charge in [-0.05, 0) is 18.2 Å². The SMILES string of the molecule is Fc1cnccc1-c1cc(CN2Cc3nc(-c4ccccc4F)[nH]c3C=N2)on1.